The van der Waals surface area contributed by atoms with Gasteiger partial charge in [-0.05, 0) is 24.3 Å². The van der Waals surface area contributed by atoms with Crippen molar-refractivity contribution in [3.63, 3.8) is 0 Å². The molecule has 1 heterocycles. The van der Waals surface area contributed by atoms with Gasteiger partial charge in [-0.2, -0.15) is 0 Å². The van der Waals surface area contributed by atoms with Crippen LogP contribution < -0.4 is 4.74 Å². The molecule has 0 radical (unpaired) electrons. The highest BCUT2D eigenvalue weighted by atomic mass is 16.6. The van der Waals surface area contributed by atoms with Crippen LogP contribution in [0.1, 0.15) is 23.1 Å². The lowest BCUT2D eigenvalue weighted by atomic mass is 10.0. The molecule has 110 valence electrons. The molecule has 6 nitrogen and oxygen atoms in total. The molecule has 0 aliphatic rings. The van der Waals surface area contributed by atoms with Gasteiger partial charge in [-0.1, -0.05) is 17.3 Å². The van der Waals surface area contributed by atoms with Gasteiger partial charge in [0.05, 0.1) is 12.8 Å². The van der Waals surface area contributed by atoms with E-state index in [1.807, 2.05) is 6.07 Å². The molecule has 0 bridgehead atoms. The summed E-state index contributed by atoms with van der Waals surface area (Å²) >= 11 is 0. The van der Waals surface area contributed by atoms with Crippen LogP contribution in [0.25, 0.3) is 0 Å². The van der Waals surface area contributed by atoms with Crippen LogP contribution in [-0.4, -0.2) is 35.2 Å². The smallest absolute Gasteiger partial charge is 0.180 e. The van der Waals surface area contributed by atoms with Gasteiger partial charge in [0, 0.05) is 24.4 Å². The van der Waals surface area contributed by atoms with Crippen molar-refractivity contribution in [3.05, 3.63) is 59.4 Å². The highest BCUT2D eigenvalue weighted by Gasteiger charge is 2.16. The average molecular weight is 288 g/mol. The molecule has 1 unspecified atom stereocenters. The first kappa shape index (κ1) is 15.0. The van der Waals surface area contributed by atoms with Crippen LogP contribution in [0.4, 0.5) is 0 Å². The van der Waals surface area contributed by atoms with E-state index in [2.05, 4.69) is 10.1 Å². The Labute approximate surface area is 122 Å². The highest BCUT2D eigenvalue weighted by Crippen LogP contribution is 2.22. The molecular formula is C15H16N2O4. The Bertz CT molecular complexity index is 643. The first-order chi connectivity index (χ1) is 10.2. The fourth-order valence-electron chi connectivity index (χ4n) is 1.95. The zero-order valence-electron chi connectivity index (χ0n) is 11.7. The van der Waals surface area contributed by atoms with Crippen LogP contribution in [0.15, 0.2) is 47.8 Å². The van der Waals surface area contributed by atoms with Crippen molar-refractivity contribution in [2.45, 2.75) is 6.29 Å². The number of aliphatic hydroxyl groups excluding tert-OH is 1. The van der Waals surface area contributed by atoms with Gasteiger partial charge in [0.2, 0.25) is 0 Å². The molecule has 21 heavy (non-hydrogen) atoms. The van der Waals surface area contributed by atoms with Crippen LogP contribution in [0.5, 0.6) is 5.75 Å². The van der Waals surface area contributed by atoms with E-state index >= 15 is 0 Å². The first-order valence-electron chi connectivity index (χ1n) is 6.24. The Morgan fingerprint density at radius 2 is 2.00 bits per heavy atom. The Balaban J connectivity index is 2.48. The third-order valence-corrected chi connectivity index (χ3v) is 3.00. The van der Waals surface area contributed by atoms with E-state index < -0.39 is 6.29 Å². The van der Waals surface area contributed by atoms with Crippen molar-refractivity contribution < 1.29 is 19.8 Å². The van der Waals surface area contributed by atoms with E-state index in [0.29, 0.717) is 22.6 Å². The van der Waals surface area contributed by atoms with Crippen LogP contribution in [0.3, 0.4) is 0 Å². The van der Waals surface area contributed by atoms with Crippen LogP contribution in [0.2, 0.25) is 0 Å². The summed E-state index contributed by atoms with van der Waals surface area (Å²) in [5, 5.41) is 22.4. The Morgan fingerprint density at radius 1 is 1.24 bits per heavy atom. The van der Waals surface area contributed by atoms with Crippen molar-refractivity contribution in [2.75, 3.05) is 14.2 Å². The van der Waals surface area contributed by atoms with E-state index in [-0.39, 0.29) is 5.71 Å². The van der Waals surface area contributed by atoms with Gasteiger partial charge < -0.3 is 19.8 Å². The second-order valence-electron chi connectivity index (χ2n) is 4.21. The molecule has 1 atom stereocenters. The summed E-state index contributed by atoms with van der Waals surface area (Å²) in [7, 11) is 2.93. The lowest BCUT2D eigenvalue weighted by Crippen LogP contribution is -2.09. The van der Waals surface area contributed by atoms with Gasteiger partial charge in [0.25, 0.3) is 0 Å². The lowest BCUT2D eigenvalue weighted by Gasteiger charge is -2.12. The Kier molecular flexibility index (Phi) is 4.86. The lowest BCUT2D eigenvalue weighted by molar-refractivity contribution is -0.0769. The summed E-state index contributed by atoms with van der Waals surface area (Å²) in [6, 6.07) is 10.3. The molecule has 1 aromatic carbocycles. The maximum atomic E-state index is 9.70. The van der Waals surface area contributed by atoms with Crippen molar-refractivity contribution in [2.24, 2.45) is 5.16 Å². The minimum Gasteiger partial charge on any atom is -0.496 e. The average Bonchev–Trinajstić information content (AvgIpc) is 2.55. The molecule has 0 aliphatic heterocycles. The van der Waals surface area contributed by atoms with Crippen molar-refractivity contribution in [3.8, 4) is 5.75 Å². The highest BCUT2D eigenvalue weighted by molar-refractivity contribution is 6.13. The maximum Gasteiger partial charge on any atom is 0.180 e. The van der Waals surface area contributed by atoms with Gasteiger partial charge in [0.15, 0.2) is 6.29 Å². The summed E-state index contributed by atoms with van der Waals surface area (Å²) in [5.41, 5.74) is 1.76. The van der Waals surface area contributed by atoms with Crippen molar-refractivity contribution in [1.29, 1.82) is 0 Å². The largest absolute Gasteiger partial charge is 0.496 e. The Morgan fingerprint density at radius 3 is 2.67 bits per heavy atom. The number of methoxy groups -OCH3 is 2. The third kappa shape index (κ3) is 3.18. The van der Waals surface area contributed by atoms with Gasteiger partial charge in [-0.15, -0.1) is 0 Å². The molecule has 2 N–H and O–H groups in total. The maximum absolute atomic E-state index is 9.70. The normalized spacial score (nSPS) is 13.0. The fourth-order valence-corrected chi connectivity index (χ4v) is 1.95. The molecule has 0 saturated carbocycles. The minimum absolute atomic E-state index is 0.248. The van der Waals surface area contributed by atoms with Crippen LogP contribution in [0, 0.1) is 0 Å². The van der Waals surface area contributed by atoms with E-state index in [1.54, 1.807) is 30.3 Å². The molecule has 2 rings (SSSR count). The number of benzene rings is 1. The number of pyridine rings is 1. The summed E-state index contributed by atoms with van der Waals surface area (Å²) in [4.78, 5) is 4.17. The zero-order chi connectivity index (χ0) is 15.2. The SMILES string of the molecule is COc1ccccc1/C(=N/O)c1cc(C(O)OC)ccn1. The number of para-hydroxylation sites is 1. The number of hydrogen-bond acceptors (Lipinski definition) is 6. The minimum atomic E-state index is -1.07. The standard InChI is InChI=1S/C15H16N2O4/c1-20-13-6-4-3-5-11(13)14(17-19)12-9-10(7-8-16-12)15(18)21-2/h3-9,15,18-19H,1-2H3/b17-14-. The molecular weight excluding hydrogens is 272 g/mol. The van der Waals surface area contributed by atoms with Crippen LogP contribution in [-0.2, 0) is 4.74 Å². The predicted molar refractivity (Wildman–Crippen MR) is 76.6 cm³/mol. The molecule has 6 heteroatoms. The topological polar surface area (TPSA) is 84.2 Å². The summed E-state index contributed by atoms with van der Waals surface area (Å²) < 4.78 is 10.1. The number of rotatable bonds is 5. The van der Waals surface area contributed by atoms with Gasteiger partial charge >= 0.3 is 0 Å². The fraction of sp³-hybridized carbons (Fsp3) is 0.200. The number of oxime groups is 1. The van der Waals surface area contributed by atoms with E-state index in [1.165, 1.54) is 20.4 Å². The summed E-state index contributed by atoms with van der Waals surface area (Å²) in [6.45, 7) is 0. The number of nitrogens with zero attached hydrogens (tertiary/aromatic N) is 2. The van der Waals surface area contributed by atoms with E-state index in [9.17, 15) is 10.3 Å². The third-order valence-electron chi connectivity index (χ3n) is 3.00. The van der Waals surface area contributed by atoms with E-state index in [4.69, 9.17) is 9.47 Å². The number of ether oxygens (including phenoxy) is 2. The van der Waals surface area contributed by atoms with Gasteiger partial charge in [0.1, 0.15) is 11.5 Å². The molecule has 1 aromatic heterocycles. The van der Waals surface area contributed by atoms with Crippen LogP contribution >= 0.6 is 0 Å². The molecule has 0 amide bonds. The second-order valence-corrected chi connectivity index (χ2v) is 4.21. The summed E-state index contributed by atoms with van der Waals surface area (Å²) in [6.07, 6.45) is 0.442. The van der Waals surface area contributed by atoms with E-state index in [0.717, 1.165) is 0 Å². The second kappa shape index (κ2) is 6.83. The molecule has 2 aromatic rings. The quantitative estimate of drug-likeness (QED) is 0.380. The summed E-state index contributed by atoms with van der Waals surface area (Å²) in [5.74, 6) is 0.560. The van der Waals surface area contributed by atoms with Crippen molar-refractivity contribution >= 4 is 5.71 Å². The number of aliphatic hydroxyl groups is 1. The number of hydrogen-bond donors (Lipinski definition) is 2. The monoisotopic (exact) mass is 288 g/mol. The molecule has 0 spiro atoms. The van der Waals surface area contributed by atoms with Gasteiger partial charge in [-0.3, -0.25) is 4.98 Å². The Hall–Kier alpha value is -2.44. The zero-order valence-corrected chi connectivity index (χ0v) is 11.7. The molecule has 0 aliphatic carbocycles. The number of aromatic nitrogens is 1. The van der Waals surface area contributed by atoms with Crippen molar-refractivity contribution in [1.82, 2.24) is 4.98 Å². The predicted octanol–water partition coefficient (Wildman–Crippen LogP) is 1.95. The molecule has 0 fully saturated rings. The molecule has 0 saturated heterocycles. The first-order valence-corrected chi connectivity index (χ1v) is 6.24. The van der Waals surface area contributed by atoms with Gasteiger partial charge in [-0.25, -0.2) is 0 Å².